The fourth-order valence-corrected chi connectivity index (χ4v) is 4.66. The van der Waals surface area contributed by atoms with E-state index in [2.05, 4.69) is 22.3 Å². The lowest BCUT2D eigenvalue weighted by Crippen LogP contribution is -2.36. The second kappa shape index (κ2) is 9.66. The molecule has 0 saturated carbocycles. The monoisotopic (exact) mass is 439 g/mol. The summed E-state index contributed by atoms with van der Waals surface area (Å²) in [6.07, 6.45) is 0. The smallest absolute Gasteiger partial charge is 0.254 e. The fourth-order valence-electron chi connectivity index (χ4n) is 3.83. The molecule has 0 radical (unpaired) electrons. The van der Waals surface area contributed by atoms with Gasteiger partial charge in [0.25, 0.3) is 5.91 Å². The van der Waals surface area contributed by atoms with E-state index >= 15 is 0 Å². The van der Waals surface area contributed by atoms with Gasteiger partial charge in [0, 0.05) is 30.7 Å². The highest BCUT2D eigenvalue weighted by atomic mass is 32.2. The second-order valence-corrected chi connectivity index (χ2v) is 8.72. The van der Waals surface area contributed by atoms with E-state index in [1.807, 2.05) is 19.9 Å². The van der Waals surface area contributed by atoms with Gasteiger partial charge in [-0.25, -0.2) is 9.37 Å². The van der Waals surface area contributed by atoms with Gasteiger partial charge >= 0.3 is 0 Å². The molecule has 5 nitrogen and oxygen atoms in total. The van der Waals surface area contributed by atoms with E-state index in [1.165, 1.54) is 12.1 Å². The van der Waals surface area contributed by atoms with E-state index in [0.717, 1.165) is 64.8 Å². The molecule has 1 N–H and O–H groups in total. The van der Waals surface area contributed by atoms with Crippen LogP contribution < -0.4 is 10.2 Å². The number of benzene rings is 2. The number of thioether (sulfide) groups is 1. The van der Waals surface area contributed by atoms with Crippen molar-refractivity contribution >= 4 is 34.3 Å². The minimum atomic E-state index is -0.311. The standard InChI is InChI=1S/C24H26FN3O2S/c1-3-31-24-22(23(29)26-15-17-5-4-6-18(25)13-17)16(2)20-8-7-19(14-21(20)27-24)28-9-11-30-12-10-28/h4-8,13-14H,3,9-12,15H2,1-2H3,(H,26,29). The number of anilines is 1. The summed E-state index contributed by atoms with van der Waals surface area (Å²) >= 11 is 1.56. The first-order valence-corrected chi connectivity index (χ1v) is 11.5. The van der Waals surface area contributed by atoms with Crippen LogP contribution in [0.15, 0.2) is 47.5 Å². The predicted molar refractivity (Wildman–Crippen MR) is 123 cm³/mol. The number of morpholine rings is 1. The molecule has 0 atom stereocenters. The van der Waals surface area contributed by atoms with Gasteiger partial charge in [0.15, 0.2) is 0 Å². The van der Waals surface area contributed by atoms with Crippen molar-refractivity contribution in [3.63, 3.8) is 0 Å². The highest BCUT2D eigenvalue weighted by Gasteiger charge is 2.20. The van der Waals surface area contributed by atoms with Crippen molar-refractivity contribution in [3.8, 4) is 0 Å². The van der Waals surface area contributed by atoms with Crippen LogP contribution in [-0.2, 0) is 11.3 Å². The molecule has 31 heavy (non-hydrogen) atoms. The molecule has 2 aromatic carbocycles. The minimum absolute atomic E-state index is 0.190. The van der Waals surface area contributed by atoms with Crippen molar-refractivity contribution in [2.24, 2.45) is 0 Å². The zero-order chi connectivity index (χ0) is 21.8. The van der Waals surface area contributed by atoms with Crippen LogP contribution in [0.2, 0.25) is 0 Å². The molecule has 4 rings (SSSR count). The Labute approximate surface area is 186 Å². The summed E-state index contributed by atoms with van der Waals surface area (Å²) in [5.74, 6) is 0.309. The molecule has 0 spiro atoms. The molecule has 1 saturated heterocycles. The predicted octanol–water partition coefficient (Wildman–Crippen LogP) is 4.56. The van der Waals surface area contributed by atoms with E-state index in [4.69, 9.17) is 9.72 Å². The third kappa shape index (κ3) is 4.83. The van der Waals surface area contributed by atoms with Gasteiger partial charge in [-0.15, -0.1) is 11.8 Å². The van der Waals surface area contributed by atoms with Crippen LogP contribution in [0.1, 0.15) is 28.4 Å². The molecule has 3 aromatic rings. The van der Waals surface area contributed by atoms with E-state index in [0.29, 0.717) is 5.56 Å². The van der Waals surface area contributed by atoms with Gasteiger partial charge in [-0.2, -0.15) is 0 Å². The lowest BCUT2D eigenvalue weighted by atomic mass is 10.0. The maximum Gasteiger partial charge on any atom is 0.254 e. The number of halogens is 1. The first-order chi connectivity index (χ1) is 15.1. The van der Waals surface area contributed by atoms with Gasteiger partial charge in [-0.05, 0) is 48.1 Å². The van der Waals surface area contributed by atoms with E-state index in [1.54, 1.807) is 23.9 Å². The molecule has 7 heteroatoms. The number of pyridine rings is 1. The number of hydrogen-bond donors (Lipinski definition) is 1. The Morgan fingerprint density at radius 2 is 2.03 bits per heavy atom. The number of rotatable bonds is 6. The summed E-state index contributed by atoms with van der Waals surface area (Å²) in [6, 6.07) is 12.5. The molecule has 0 bridgehead atoms. The summed E-state index contributed by atoms with van der Waals surface area (Å²) < 4.78 is 18.9. The van der Waals surface area contributed by atoms with Crippen LogP contribution in [0.3, 0.4) is 0 Å². The minimum Gasteiger partial charge on any atom is -0.378 e. The van der Waals surface area contributed by atoms with Crippen LogP contribution in [0, 0.1) is 12.7 Å². The SMILES string of the molecule is CCSc1nc2cc(N3CCOCC3)ccc2c(C)c1C(=O)NCc1cccc(F)c1. The average Bonchev–Trinajstić information content (AvgIpc) is 2.78. The largest absolute Gasteiger partial charge is 0.378 e. The number of carbonyl (C=O) groups excluding carboxylic acids is 1. The average molecular weight is 440 g/mol. The number of aryl methyl sites for hydroxylation is 1. The maximum atomic E-state index is 13.4. The molecule has 1 aliphatic heterocycles. The Morgan fingerprint density at radius 3 is 2.77 bits per heavy atom. The van der Waals surface area contributed by atoms with Gasteiger partial charge in [0.05, 0.1) is 24.3 Å². The summed E-state index contributed by atoms with van der Waals surface area (Å²) in [6.45, 7) is 7.46. The van der Waals surface area contributed by atoms with Crippen LogP contribution in [0.5, 0.6) is 0 Å². The Balaban J connectivity index is 1.65. The Hall–Kier alpha value is -2.64. The number of fused-ring (bicyclic) bond motifs is 1. The van der Waals surface area contributed by atoms with Gasteiger partial charge in [0.1, 0.15) is 10.8 Å². The first-order valence-electron chi connectivity index (χ1n) is 10.5. The molecule has 1 fully saturated rings. The molecule has 1 aliphatic rings. The van der Waals surface area contributed by atoms with E-state index in [-0.39, 0.29) is 18.3 Å². The Bertz CT molecular complexity index is 1100. The first kappa shape index (κ1) is 21.6. The van der Waals surface area contributed by atoms with Crippen molar-refractivity contribution in [2.75, 3.05) is 37.0 Å². The van der Waals surface area contributed by atoms with Crippen LogP contribution >= 0.6 is 11.8 Å². The third-order valence-corrected chi connectivity index (χ3v) is 6.28. The number of nitrogens with one attached hydrogen (secondary N) is 1. The number of carbonyl (C=O) groups is 1. The molecule has 0 aliphatic carbocycles. The zero-order valence-corrected chi connectivity index (χ0v) is 18.6. The molecule has 162 valence electrons. The van der Waals surface area contributed by atoms with Crippen molar-refractivity contribution in [2.45, 2.75) is 25.4 Å². The lowest BCUT2D eigenvalue weighted by molar-refractivity contribution is 0.0946. The molecule has 1 aromatic heterocycles. The summed E-state index contributed by atoms with van der Waals surface area (Å²) in [4.78, 5) is 20.3. The van der Waals surface area contributed by atoms with E-state index in [9.17, 15) is 9.18 Å². The van der Waals surface area contributed by atoms with Crippen molar-refractivity contribution in [1.82, 2.24) is 10.3 Å². The number of nitrogens with zero attached hydrogens (tertiary/aromatic N) is 2. The number of amides is 1. The lowest BCUT2D eigenvalue weighted by Gasteiger charge is -2.29. The van der Waals surface area contributed by atoms with Gasteiger partial charge in [0.2, 0.25) is 0 Å². The molecule has 2 heterocycles. The van der Waals surface area contributed by atoms with Gasteiger partial charge < -0.3 is 15.0 Å². The quantitative estimate of drug-likeness (QED) is 0.571. The van der Waals surface area contributed by atoms with Crippen LogP contribution in [-0.4, -0.2) is 42.9 Å². The van der Waals surface area contributed by atoms with Crippen molar-refractivity contribution < 1.29 is 13.9 Å². The zero-order valence-electron chi connectivity index (χ0n) is 17.8. The molecule has 1 amide bonds. The summed E-state index contributed by atoms with van der Waals surface area (Å²) in [5, 5.41) is 4.62. The normalized spacial score (nSPS) is 14.1. The summed E-state index contributed by atoms with van der Waals surface area (Å²) in [5.41, 5.74) is 4.23. The topological polar surface area (TPSA) is 54.5 Å². The van der Waals surface area contributed by atoms with Crippen molar-refractivity contribution in [1.29, 1.82) is 0 Å². The maximum absolute atomic E-state index is 13.4. The Kier molecular flexibility index (Phi) is 6.73. The molecular formula is C24H26FN3O2S. The summed E-state index contributed by atoms with van der Waals surface area (Å²) in [7, 11) is 0. The molecule has 0 unspecified atom stereocenters. The highest BCUT2D eigenvalue weighted by Crippen LogP contribution is 2.31. The van der Waals surface area contributed by atoms with E-state index < -0.39 is 0 Å². The third-order valence-electron chi connectivity index (χ3n) is 5.42. The van der Waals surface area contributed by atoms with Gasteiger partial charge in [-0.1, -0.05) is 25.1 Å². The highest BCUT2D eigenvalue weighted by molar-refractivity contribution is 7.99. The number of hydrogen-bond acceptors (Lipinski definition) is 5. The number of ether oxygens (including phenoxy) is 1. The van der Waals surface area contributed by atoms with Gasteiger partial charge in [-0.3, -0.25) is 4.79 Å². The molecular weight excluding hydrogens is 413 g/mol. The van der Waals surface area contributed by atoms with Crippen LogP contribution in [0.25, 0.3) is 10.9 Å². The Morgan fingerprint density at radius 1 is 1.23 bits per heavy atom. The second-order valence-electron chi connectivity index (χ2n) is 7.46. The number of aromatic nitrogens is 1. The fraction of sp³-hybridized carbons (Fsp3) is 0.333. The van der Waals surface area contributed by atoms with Crippen LogP contribution in [0.4, 0.5) is 10.1 Å². The van der Waals surface area contributed by atoms with Crippen molar-refractivity contribution in [3.05, 3.63) is 65.0 Å².